The number of benzene rings is 1. The smallest absolute Gasteiger partial charge is 0.223 e. The molecule has 0 spiro atoms. The molecule has 1 amide bonds. The SMILES string of the molecule is COCC(O)CN(C)C(=O)CCSc1ccc(C)c(C)c1. The van der Waals surface area contributed by atoms with Crippen molar-refractivity contribution in [3.8, 4) is 0 Å². The second kappa shape index (κ2) is 9.07. The van der Waals surface area contributed by atoms with Crippen molar-refractivity contribution in [1.29, 1.82) is 0 Å². The number of methoxy groups -OCH3 is 1. The van der Waals surface area contributed by atoms with Crippen LogP contribution in [0.5, 0.6) is 0 Å². The maximum atomic E-state index is 12.0. The quantitative estimate of drug-likeness (QED) is 0.748. The minimum atomic E-state index is -0.628. The van der Waals surface area contributed by atoms with Crippen LogP contribution < -0.4 is 0 Å². The Hall–Kier alpha value is -1.04. The fraction of sp³-hybridized carbons (Fsp3) is 0.562. The molecule has 0 aliphatic rings. The van der Waals surface area contributed by atoms with Crippen LogP contribution in [0.1, 0.15) is 17.5 Å². The van der Waals surface area contributed by atoms with Crippen molar-refractivity contribution in [2.24, 2.45) is 0 Å². The van der Waals surface area contributed by atoms with Crippen LogP contribution in [0.4, 0.5) is 0 Å². The van der Waals surface area contributed by atoms with Crippen molar-refractivity contribution >= 4 is 17.7 Å². The van der Waals surface area contributed by atoms with Crippen molar-refractivity contribution in [3.63, 3.8) is 0 Å². The van der Waals surface area contributed by atoms with Crippen LogP contribution in [0, 0.1) is 13.8 Å². The van der Waals surface area contributed by atoms with Crippen LogP contribution >= 0.6 is 11.8 Å². The number of likely N-dealkylation sites (N-methyl/N-ethyl adjacent to an activating group) is 1. The average molecular weight is 311 g/mol. The van der Waals surface area contributed by atoms with Crippen molar-refractivity contribution in [3.05, 3.63) is 29.3 Å². The summed E-state index contributed by atoms with van der Waals surface area (Å²) in [6.45, 7) is 4.74. The summed E-state index contributed by atoms with van der Waals surface area (Å²) < 4.78 is 4.85. The van der Waals surface area contributed by atoms with Crippen molar-refractivity contribution in [2.75, 3.05) is 33.1 Å². The maximum absolute atomic E-state index is 12.0. The van der Waals surface area contributed by atoms with Crippen LogP contribution in [-0.4, -0.2) is 55.1 Å². The molecule has 0 radical (unpaired) electrons. The highest BCUT2D eigenvalue weighted by Crippen LogP contribution is 2.21. The summed E-state index contributed by atoms with van der Waals surface area (Å²) in [5.41, 5.74) is 2.55. The van der Waals surface area contributed by atoms with Gasteiger partial charge in [-0.1, -0.05) is 6.07 Å². The Labute approximate surface area is 131 Å². The van der Waals surface area contributed by atoms with Gasteiger partial charge in [0.1, 0.15) is 0 Å². The number of hydrogen-bond acceptors (Lipinski definition) is 4. The minimum Gasteiger partial charge on any atom is -0.389 e. The Morgan fingerprint density at radius 2 is 2.10 bits per heavy atom. The van der Waals surface area contributed by atoms with Gasteiger partial charge >= 0.3 is 0 Å². The lowest BCUT2D eigenvalue weighted by molar-refractivity contribution is -0.131. The van der Waals surface area contributed by atoms with Gasteiger partial charge in [0.2, 0.25) is 5.91 Å². The van der Waals surface area contributed by atoms with E-state index >= 15 is 0 Å². The molecular formula is C16H25NO3S. The molecule has 0 saturated heterocycles. The Morgan fingerprint density at radius 1 is 1.38 bits per heavy atom. The van der Waals surface area contributed by atoms with Gasteiger partial charge in [-0.2, -0.15) is 0 Å². The number of aliphatic hydroxyl groups excluding tert-OH is 1. The van der Waals surface area contributed by atoms with E-state index in [2.05, 4.69) is 32.0 Å². The van der Waals surface area contributed by atoms with Gasteiger partial charge in [-0.3, -0.25) is 4.79 Å². The van der Waals surface area contributed by atoms with Crippen LogP contribution in [0.3, 0.4) is 0 Å². The van der Waals surface area contributed by atoms with Crippen molar-refractivity contribution < 1.29 is 14.6 Å². The molecule has 118 valence electrons. The highest BCUT2D eigenvalue weighted by molar-refractivity contribution is 7.99. The molecule has 21 heavy (non-hydrogen) atoms. The van der Waals surface area contributed by atoms with Gasteiger partial charge in [0, 0.05) is 37.8 Å². The van der Waals surface area contributed by atoms with E-state index in [1.54, 1.807) is 23.7 Å². The lowest BCUT2D eigenvalue weighted by Gasteiger charge is -2.20. The summed E-state index contributed by atoms with van der Waals surface area (Å²) in [6.07, 6.45) is -0.162. The standard InChI is InChI=1S/C16H25NO3S/c1-12-5-6-15(9-13(12)2)21-8-7-16(19)17(3)10-14(18)11-20-4/h5-6,9,14,18H,7-8,10-11H2,1-4H3. The number of aliphatic hydroxyl groups is 1. The Bertz CT molecular complexity index is 465. The molecule has 1 rings (SSSR count). The first-order chi connectivity index (χ1) is 9.93. The van der Waals surface area contributed by atoms with Crippen LogP contribution in [-0.2, 0) is 9.53 Å². The summed E-state index contributed by atoms with van der Waals surface area (Å²) >= 11 is 1.68. The molecule has 0 aromatic heterocycles. The second-order valence-corrected chi connectivity index (χ2v) is 6.40. The molecule has 0 saturated carbocycles. The molecule has 1 atom stereocenters. The largest absolute Gasteiger partial charge is 0.389 e. The third-order valence-corrected chi connectivity index (χ3v) is 4.33. The highest BCUT2D eigenvalue weighted by Gasteiger charge is 2.13. The number of thioether (sulfide) groups is 1. The van der Waals surface area contributed by atoms with E-state index in [-0.39, 0.29) is 12.5 Å². The molecule has 5 heteroatoms. The molecule has 4 nitrogen and oxygen atoms in total. The van der Waals surface area contributed by atoms with Gasteiger partial charge in [0.25, 0.3) is 0 Å². The monoisotopic (exact) mass is 311 g/mol. The summed E-state index contributed by atoms with van der Waals surface area (Å²) in [6, 6.07) is 6.34. The van der Waals surface area contributed by atoms with Gasteiger partial charge in [-0.15, -0.1) is 11.8 Å². The lowest BCUT2D eigenvalue weighted by atomic mass is 10.1. The second-order valence-electron chi connectivity index (χ2n) is 5.23. The first-order valence-corrected chi connectivity index (χ1v) is 8.03. The highest BCUT2D eigenvalue weighted by atomic mass is 32.2. The lowest BCUT2D eigenvalue weighted by Crippen LogP contribution is -2.36. The van der Waals surface area contributed by atoms with Crippen LogP contribution in [0.2, 0.25) is 0 Å². The fourth-order valence-corrected chi connectivity index (χ4v) is 2.85. The fourth-order valence-electron chi connectivity index (χ4n) is 1.91. The van der Waals surface area contributed by atoms with Gasteiger partial charge in [-0.05, 0) is 37.1 Å². The average Bonchev–Trinajstić information content (AvgIpc) is 2.42. The first kappa shape index (κ1) is 18.0. The van der Waals surface area contributed by atoms with Crippen molar-refractivity contribution in [2.45, 2.75) is 31.3 Å². The molecule has 1 N–H and O–H groups in total. The van der Waals surface area contributed by atoms with E-state index < -0.39 is 6.10 Å². The molecule has 0 aliphatic heterocycles. The molecule has 0 bridgehead atoms. The first-order valence-electron chi connectivity index (χ1n) is 7.05. The Kier molecular flexibility index (Phi) is 7.78. The minimum absolute atomic E-state index is 0.0430. The van der Waals surface area contributed by atoms with E-state index in [1.165, 1.54) is 23.1 Å². The normalized spacial score (nSPS) is 12.2. The number of aryl methyl sites for hydroxylation is 2. The summed E-state index contributed by atoms with van der Waals surface area (Å²) in [5.74, 6) is 0.785. The predicted molar refractivity (Wildman–Crippen MR) is 86.8 cm³/mol. The molecule has 1 unspecified atom stereocenters. The molecule has 1 aromatic rings. The zero-order valence-corrected chi connectivity index (χ0v) is 14.1. The van der Waals surface area contributed by atoms with Gasteiger partial charge < -0.3 is 14.7 Å². The topological polar surface area (TPSA) is 49.8 Å². The zero-order valence-electron chi connectivity index (χ0n) is 13.3. The molecule has 0 fully saturated rings. The van der Waals surface area contributed by atoms with Crippen molar-refractivity contribution in [1.82, 2.24) is 4.90 Å². The predicted octanol–water partition coefficient (Wildman–Crippen LogP) is 2.25. The van der Waals surface area contributed by atoms with E-state index in [4.69, 9.17) is 4.74 Å². The number of ether oxygens (including phenoxy) is 1. The summed E-state index contributed by atoms with van der Waals surface area (Å²) in [4.78, 5) is 14.7. The Morgan fingerprint density at radius 3 is 2.71 bits per heavy atom. The maximum Gasteiger partial charge on any atom is 0.223 e. The number of carbonyl (C=O) groups excluding carboxylic acids is 1. The summed E-state index contributed by atoms with van der Waals surface area (Å²) in [7, 11) is 3.24. The van der Waals surface area contributed by atoms with Gasteiger partial charge in [0.05, 0.1) is 12.7 Å². The molecule has 0 aliphatic carbocycles. The number of nitrogens with zero attached hydrogens (tertiary/aromatic N) is 1. The molecule has 1 aromatic carbocycles. The molecule has 0 heterocycles. The number of carbonyl (C=O) groups is 1. The van der Waals surface area contributed by atoms with Gasteiger partial charge in [0.15, 0.2) is 0 Å². The Balaban J connectivity index is 2.34. The summed E-state index contributed by atoms with van der Waals surface area (Å²) in [5, 5.41) is 9.60. The van der Waals surface area contributed by atoms with Gasteiger partial charge in [-0.25, -0.2) is 0 Å². The number of amides is 1. The van der Waals surface area contributed by atoms with E-state index in [0.29, 0.717) is 13.0 Å². The third-order valence-electron chi connectivity index (χ3n) is 3.33. The molecular weight excluding hydrogens is 286 g/mol. The number of hydrogen-bond donors (Lipinski definition) is 1. The third kappa shape index (κ3) is 6.50. The number of rotatable bonds is 8. The van der Waals surface area contributed by atoms with E-state index in [9.17, 15) is 9.90 Å². The van der Waals surface area contributed by atoms with Crippen LogP contribution in [0.15, 0.2) is 23.1 Å². The van der Waals surface area contributed by atoms with E-state index in [1.807, 2.05) is 0 Å². The van der Waals surface area contributed by atoms with Crippen LogP contribution in [0.25, 0.3) is 0 Å². The zero-order chi connectivity index (χ0) is 15.8. The van der Waals surface area contributed by atoms with E-state index in [0.717, 1.165) is 5.75 Å².